The van der Waals surface area contributed by atoms with Gasteiger partial charge in [0.2, 0.25) is 5.95 Å². The topological polar surface area (TPSA) is 110 Å². The molecule has 1 aliphatic rings. The molecule has 1 aliphatic heterocycles. The summed E-state index contributed by atoms with van der Waals surface area (Å²) in [7, 11) is 0. The maximum absolute atomic E-state index is 12.6. The van der Waals surface area contributed by atoms with Crippen molar-refractivity contribution in [3.8, 4) is 0 Å². The van der Waals surface area contributed by atoms with E-state index in [2.05, 4.69) is 15.3 Å². The molecule has 2 aromatic rings. The van der Waals surface area contributed by atoms with Crippen LogP contribution in [0, 0.1) is 0 Å². The molecule has 2 heterocycles. The molecule has 130 valence electrons. The minimum Gasteiger partial charge on any atom is -0.463 e. The molecule has 0 radical (unpaired) electrons. The Kier molecular flexibility index (Phi) is 4.50. The number of nitrogens with one attached hydrogen (secondary N) is 2. The van der Waals surface area contributed by atoms with Gasteiger partial charge in [-0.3, -0.25) is 9.78 Å². The van der Waals surface area contributed by atoms with Crippen LogP contribution in [0.15, 0.2) is 40.3 Å². The van der Waals surface area contributed by atoms with Crippen LogP contribution in [0.25, 0.3) is 0 Å². The fourth-order valence-corrected chi connectivity index (χ4v) is 3.06. The van der Waals surface area contributed by atoms with Crippen molar-refractivity contribution < 1.29 is 9.53 Å². The molecule has 3 rings (SSSR count). The number of aromatic amines is 1. The van der Waals surface area contributed by atoms with Crippen LogP contribution in [-0.4, -0.2) is 22.5 Å². The maximum atomic E-state index is 12.6. The number of ether oxygens (including phenoxy) is 1. The Morgan fingerprint density at radius 2 is 2.04 bits per heavy atom. The third-order valence-corrected chi connectivity index (χ3v) is 4.21. The van der Waals surface area contributed by atoms with Crippen molar-refractivity contribution >= 4 is 29.3 Å². The number of nitrogen functional groups attached to an aromatic ring is 1. The highest BCUT2D eigenvalue weighted by Crippen LogP contribution is 2.39. The lowest BCUT2D eigenvalue weighted by Gasteiger charge is -2.28. The van der Waals surface area contributed by atoms with E-state index in [0.717, 1.165) is 5.56 Å². The first-order valence-electron chi connectivity index (χ1n) is 7.72. The summed E-state index contributed by atoms with van der Waals surface area (Å²) in [5.74, 6) is -0.802. The van der Waals surface area contributed by atoms with Gasteiger partial charge in [-0.15, -0.1) is 0 Å². The lowest BCUT2D eigenvalue weighted by molar-refractivity contribution is -0.138. The standard InChI is InChI=1S/C17H17ClN4O3/c1-3-25-16(24)11-8(2)20-14-13(15(23)22-17(19)21-14)12(11)9-4-6-10(18)7-5-9/h4-7,12H,3H2,1-2H3,(H4,19,20,21,22,23). The van der Waals surface area contributed by atoms with Crippen LogP contribution >= 0.6 is 11.6 Å². The Balaban J connectivity index is 2.26. The number of halogens is 1. The summed E-state index contributed by atoms with van der Waals surface area (Å²) in [6.45, 7) is 3.69. The van der Waals surface area contributed by atoms with Crippen molar-refractivity contribution in [1.82, 2.24) is 9.97 Å². The van der Waals surface area contributed by atoms with E-state index in [9.17, 15) is 9.59 Å². The molecule has 0 bridgehead atoms. The normalized spacial score (nSPS) is 16.2. The Hall–Kier alpha value is -2.80. The first-order valence-corrected chi connectivity index (χ1v) is 8.10. The molecule has 8 heteroatoms. The number of aromatic nitrogens is 2. The van der Waals surface area contributed by atoms with Crippen LogP contribution in [0.1, 0.15) is 30.9 Å². The average molecular weight is 361 g/mol. The molecule has 0 saturated carbocycles. The van der Waals surface area contributed by atoms with Gasteiger partial charge in [-0.2, -0.15) is 4.98 Å². The average Bonchev–Trinajstić information content (AvgIpc) is 2.54. The Bertz CT molecular complexity index is 918. The molecule has 1 aromatic heterocycles. The summed E-state index contributed by atoms with van der Waals surface area (Å²) in [6.07, 6.45) is 0. The van der Waals surface area contributed by atoms with Gasteiger partial charge in [0.15, 0.2) is 0 Å². The van der Waals surface area contributed by atoms with E-state index in [1.165, 1.54) is 0 Å². The van der Waals surface area contributed by atoms with Gasteiger partial charge in [0.25, 0.3) is 5.56 Å². The first-order chi connectivity index (χ1) is 11.9. The number of H-pyrrole nitrogens is 1. The quantitative estimate of drug-likeness (QED) is 0.725. The summed E-state index contributed by atoms with van der Waals surface area (Å²) in [4.78, 5) is 31.7. The molecule has 0 aliphatic carbocycles. The minimum absolute atomic E-state index is 0.00140. The fraction of sp³-hybridized carbons (Fsp3) is 0.235. The van der Waals surface area contributed by atoms with E-state index >= 15 is 0 Å². The Morgan fingerprint density at radius 1 is 1.36 bits per heavy atom. The summed E-state index contributed by atoms with van der Waals surface area (Å²) in [5.41, 5.74) is 7.18. The summed E-state index contributed by atoms with van der Waals surface area (Å²) in [5, 5.41) is 3.54. The van der Waals surface area contributed by atoms with E-state index in [1.54, 1.807) is 38.1 Å². The molecule has 1 atom stereocenters. The molecular formula is C17H17ClN4O3. The lowest BCUT2D eigenvalue weighted by atomic mass is 9.82. The van der Waals surface area contributed by atoms with Crippen LogP contribution in [0.3, 0.4) is 0 Å². The lowest BCUT2D eigenvalue weighted by Crippen LogP contribution is -2.31. The highest BCUT2D eigenvalue weighted by atomic mass is 35.5. The number of nitrogens with two attached hydrogens (primary N) is 1. The molecule has 0 saturated heterocycles. The number of allylic oxidation sites excluding steroid dienone is 1. The number of benzene rings is 1. The Morgan fingerprint density at radius 3 is 2.68 bits per heavy atom. The number of fused-ring (bicyclic) bond motifs is 1. The van der Waals surface area contributed by atoms with Crippen molar-refractivity contribution in [2.75, 3.05) is 17.7 Å². The van der Waals surface area contributed by atoms with E-state index < -0.39 is 17.4 Å². The van der Waals surface area contributed by atoms with Crippen molar-refractivity contribution in [3.63, 3.8) is 0 Å². The molecule has 0 spiro atoms. The summed E-state index contributed by atoms with van der Waals surface area (Å²) in [6, 6.07) is 6.94. The van der Waals surface area contributed by atoms with E-state index in [0.29, 0.717) is 27.7 Å². The second-order valence-electron chi connectivity index (χ2n) is 5.58. The van der Waals surface area contributed by atoms with E-state index in [-0.39, 0.29) is 12.6 Å². The molecule has 0 fully saturated rings. The largest absolute Gasteiger partial charge is 0.463 e. The number of rotatable bonds is 3. The van der Waals surface area contributed by atoms with Crippen molar-refractivity contribution in [2.45, 2.75) is 19.8 Å². The smallest absolute Gasteiger partial charge is 0.336 e. The molecular weight excluding hydrogens is 344 g/mol. The van der Waals surface area contributed by atoms with Crippen molar-refractivity contribution in [2.24, 2.45) is 0 Å². The summed E-state index contributed by atoms with van der Waals surface area (Å²) < 4.78 is 5.19. The zero-order chi connectivity index (χ0) is 18.1. The highest BCUT2D eigenvalue weighted by Gasteiger charge is 2.36. The Labute approximate surface area is 148 Å². The second-order valence-corrected chi connectivity index (χ2v) is 6.02. The van der Waals surface area contributed by atoms with Crippen LogP contribution in [-0.2, 0) is 9.53 Å². The van der Waals surface area contributed by atoms with E-state index in [1.807, 2.05) is 0 Å². The molecule has 7 nitrogen and oxygen atoms in total. The molecule has 25 heavy (non-hydrogen) atoms. The van der Waals surface area contributed by atoms with Gasteiger partial charge in [0.1, 0.15) is 5.82 Å². The van der Waals surface area contributed by atoms with Gasteiger partial charge in [-0.05, 0) is 31.5 Å². The third kappa shape index (κ3) is 3.10. The SMILES string of the molecule is CCOC(=O)C1=C(C)Nc2nc(N)[nH]c(=O)c2C1c1ccc(Cl)cc1. The van der Waals surface area contributed by atoms with E-state index in [4.69, 9.17) is 22.1 Å². The zero-order valence-electron chi connectivity index (χ0n) is 13.7. The van der Waals surface area contributed by atoms with Gasteiger partial charge in [-0.25, -0.2) is 4.79 Å². The van der Waals surface area contributed by atoms with Gasteiger partial charge in [-0.1, -0.05) is 23.7 Å². The first kappa shape index (κ1) is 17.0. The maximum Gasteiger partial charge on any atom is 0.336 e. The van der Waals surface area contributed by atoms with Gasteiger partial charge in [0, 0.05) is 10.7 Å². The highest BCUT2D eigenvalue weighted by molar-refractivity contribution is 6.30. The third-order valence-electron chi connectivity index (χ3n) is 3.96. The van der Waals surface area contributed by atoms with Crippen LogP contribution < -0.4 is 16.6 Å². The monoisotopic (exact) mass is 360 g/mol. The van der Waals surface area contributed by atoms with Crippen LogP contribution in [0.4, 0.5) is 11.8 Å². The van der Waals surface area contributed by atoms with Crippen molar-refractivity contribution in [3.05, 3.63) is 62.0 Å². The minimum atomic E-state index is -0.635. The number of anilines is 2. The fourth-order valence-electron chi connectivity index (χ4n) is 2.94. The second kappa shape index (κ2) is 6.60. The number of esters is 1. The number of carbonyl (C=O) groups is 1. The van der Waals surface area contributed by atoms with Crippen molar-refractivity contribution in [1.29, 1.82) is 0 Å². The molecule has 4 N–H and O–H groups in total. The number of nitrogens with zero attached hydrogens (tertiary/aromatic N) is 1. The molecule has 1 aromatic carbocycles. The molecule has 1 unspecified atom stereocenters. The predicted molar refractivity (Wildman–Crippen MR) is 95.5 cm³/mol. The number of hydrogen-bond donors (Lipinski definition) is 3. The predicted octanol–water partition coefficient (Wildman–Crippen LogP) is 2.40. The molecule has 0 amide bonds. The summed E-state index contributed by atoms with van der Waals surface area (Å²) >= 11 is 5.97. The van der Waals surface area contributed by atoms with Gasteiger partial charge >= 0.3 is 5.97 Å². The van der Waals surface area contributed by atoms with Gasteiger partial charge < -0.3 is 15.8 Å². The zero-order valence-corrected chi connectivity index (χ0v) is 14.5. The number of hydrogen-bond acceptors (Lipinski definition) is 6. The number of carbonyl (C=O) groups excluding carboxylic acids is 1. The van der Waals surface area contributed by atoms with Gasteiger partial charge in [0.05, 0.1) is 23.7 Å². The van der Waals surface area contributed by atoms with Crippen LogP contribution in [0.5, 0.6) is 0 Å². The van der Waals surface area contributed by atoms with Crippen LogP contribution in [0.2, 0.25) is 5.02 Å².